The van der Waals surface area contributed by atoms with Crippen molar-refractivity contribution < 1.29 is 14.3 Å². The lowest BCUT2D eigenvalue weighted by atomic mass is 10.2. The second-order valence-corrected chi connectivity index (χ2v) is 5.56. The molecule has 22 heavy (non-hydrogen) atoms. The van der Waals surface area contributed by atoms with Crippen molar-refractivity contribution in [2.75, 3.05) is 26.8 Å². The van der Waals surface area contributed by atoms with Crippen molar-refractivity contribution in [1.29, 1.82) is 0 Å². The third-order valence-corrected chi connectivity index (χ3v) is 3.89. The summed E-state index contributed by atoms with van der Waals surface area (Å²) >= 11 is 0. The first-order chi connectivity index (χ1) is 10.8. The van der Waals surface area contributed by atoms with Crippen molar-refractivity contribution in [3.05, 3.63) is 24.3 Å². The lowest BCUT2D eigenvalue weighted by Crippen LogP contribution is -2.33. The summed E-state index contributed by atoms with van der Waals surface area (Å²) in [6.07, 6.45) is 5.65. The monoisotopic (exact) mass is 306 g/mol. The van der Waals surface area contributed by atoms with E-state index in [0.717, 1.165) is 18.0 Å². The highest BCUT2D eigenvalue weighted by atomic mass is 16.5. The molecule has 2 N–H and O–H groups in total. The number of nitrogens with one attached hydrogen (secondary N) is 2. The van der Waals surface area contributed by atoms with Gasteiger partial charge in [-0.1, -0.05) is 12.8 Å². The Hall–Kier alpha value is -1.75. The molecule has 0 aromatic heterocycles. The molecule has 0 aliphatic heterocycles. The predicted molar refractivity (Wildman–Crippen MR) is 86.4 cm³/mol. The summed E-state index contributed by atoms with van der Waals surface area (Å²) in [4.78, 5) is 11.7. The van der Waals surface area contributed by atoms with Crippen molar-refractivity contribution in [2.45, 2.75) is 38.1 Å². The summed E-state index contributed by atoms with van der Waals surface area (Å²) in [5, 5.41) is 6.31. The van der Waals surface area contributed by atoms with E-state index in [1.165, 1.54) is 25.7 Å². The molecule has 0 bridgehead atoms. The SMILES string of the molecule is COc1ccc(OCCNC(=O)CCNC2CCCC2)cc1. The zero-order chi connectivity index (χ0) is 15.6. The van der Waals surface area contributed by atoms with E-state index >= 15 is 0 Å². The standard InChI is InChI=1S/C17H26N2O3/c1-21-15-6-8-16(9-7-15)22-13-12-19-17(20)10-11-18-14-4-2-3-5-14/h6-9,14,18H,2-5,10-13H2,1H3,(H,19,20). The Labute approximate surface area is 132 Å². The normalized spacial score (nSPS) is 14.8. The van der Waals surface area contributed by atoms with Gasteiger partial charge in [0, 0.05) is 19.0 Å². The van der Waals surface area contributed by atoms with Gasteiger partial charge in [-0.05, 0) is 37.1 Å². The number of hydrogen-bond acceptors (Lipinski definition) is 4. The largest absolute Gasteiger partial charge is 0.497 e. The molecule has 1 aliphatic carbocycles. The molecule has 1 aromatic carbocycles. The van der Waals surface area contributed by atoms with E-state index in [9.17, 15) is 4.79 Å². The summed E-state index contributed by atoms with van der Waals surface area (Å²) < 4.78 is 10.6. The van der Waals surface area contributed by atoms with Gasteiger partial charge in [-0.25, -0.2) is 0 Å². The van der Waals surface area contributed by atoms with Gasteiger partial charge in [0.05, 0.1) is 13.7 Å². The number of methoxy groups -OCH3 is 1. The van der Waals surface area contributed by atoms with Crippen molar-refractivity contribution in [3.63, 3.8) is 0 Å². The van der Waals surface area contributed by atoms with Gasteiger partial charge in [0.2, 0.25) is 5.91 Å². The molecule has 2 rings (SSSR count). The molecule has 1 saturated carbocycles. The van der Waals surface area contributed by atoms with Crippen LogP contribution >= 0.6 is 0 Å². The maximum Gasteiger partial charge on any atom is 0.221 e. The average Bonchev–Trinajstić information content (AvgIpc) is 3.05. The number of carbonyl (C=O) groups is 1. The molecular weight excluding hydrogens is 280 g/mol. The highest BCUT2D eigenvalue weighted by Gasteiger charge is 2.13. The van der Waals surface area contributed by atoms with Gasteiger partial charge in [-0.15, -0.1) is 0 Å². The number of carbonyl (C=O) groups excluding carboxylic acids is 1. The van der Waals surface area contributed by atoms with Gasteiger partial charge in [0.15, 0.2) is 0 Å². The van der Waals surface area contributed by atoms with E-state index in [1.54, 1.807) is 7.11 Å². The second-order valence-electron chi connectivity index (χ2n) is 5.56. The third kappa shape index (κ3) is 5.93. The van der Waals surface area contributed by atoms with Crippen LogP contribution in [0.2, 0.25) is 0 Å². The van der Waals surface area contributed by atoms with Crippen molar-refractivity contribution in [1.82, 2.24) is 10.6 Å². The minimum absolute atomic E-state index is 0.0730. The second kappa shape index (κ2) is 9.30. The topological polar surface area (TPSA) is 59.6 Å². The van der Waals surface area contributed by atoms with Crippen molar-refractivity contribution >= 4 is 5.91 Å². The fourth-order valence-corrected chi connectivity index (χ4v) is 2.64. The van der Waals surface area contributed by atoms with Crippen LogP contribution in [0, 0.1) is 0 Å². The fraction of sp³-hybridized carbons (Fsp3) is 0.588. The molecule has 5 heteroatoms. The molecular formula is C17H26N2O3. The molecule has 1 amide bonds. The maximum absolute atomic E-state index is 11.7. The molecule has 0 atom stereocenters. The summed E-state index contributed by atoms with van der Waals surface area (Å²) in [5.74, 6) is 1.65. The Balaban J connectivity index is 1.50. The Morgan fingerprint density at radius 1 is 1.14 bits per heavy atom. The predicted octanol–water partition coefficient (Wildman–Crippen LogP) is 2.11. The molecule has 0 saturated heterocycles. The first kappa shape index (κ1) is 16.6. The van der Waals surface area contributed by atoms with Crippen LogP contribution in [0.3, 0.4) is 0 Å². The van der Waals surface area contributed by atoms with E-state index in [4.69, 9.17) is 9.47 Å². The average molecular weight is 306 g/mol. The lowest BCUT2D eigenvalue weighted by Gasteiger charge is -2.12. The van der Waals surface area contributed by atoms with Crippen LogP contribution in [0.1, 0.15) is 32.1 Å². The van der Waals surface area contributed by atoms with Crippen molar-refractivity contribution in [3.8, 4) is 11.5 Å². The Morgan fingerprint density at radius 3 is 2.50 bits per heavy atom. The first-order valence-electron chi connectivity index (χ1n) is 8.05. The Morgan fingerprint density at radius 2 is 1.82 bits per heavy atom. The van der Waals surface area contributed by atoms with E-state index in [1.807, 2.05) is 24.3 Å². The number of hydrogen-bond donors (Lipinski definition) is 2. The molecule has 0 spiro atoms. The lowest BCUT2D eigenvalue weighted by molar-refractivity contribution is -0.121. The molecule has 1 fully saturated rings. The van der Waals surface area contributed by atoms with E-state index in [2.05, 4.69) is 10.6 Å². The van der Waals surface area contributed by atoms with Gasteiger partial charge in [-0.3, -0.25) is 4.79 Å². The fourth-order valence-electron chi connectivity index (χ4n) is 2.64. The van der Waals surface area contributed by atoms with Gasteiger partial charge < -0.3 is 20.1 Å². The summed E-state index contributed by atoms with van der Waals surface area (Å²) in [7, 11) is 1.63. The van der Waals surface area contributed by atoms with E-state index < -0.39 is 0 Å². The number of benzene rings is 1. The summed E-state index contributed by atoms with van der Waals surface area (Å²) in [6, 6.07) is 8.02. The van der Waals surface area contributed by atoms with Crippen LogP contribution in [0.4, 0.5) is 0 Å². The Bertz CT molecular complexity index is 442. The van der Waals surface area contributed by atoms with Gasteiger partial charge in [0.1, 0.15) is 18.1 Å². The van der Waals surface area contributed by atoms with Crippen LogP contribution in [0.5, 0.6) is 11.5 Å². The number of rotatable bonds is 9. The Kier molecular flexibility index (Phi) is 7.03. The summed E-state index contributed by atoms with van der Waals surface area (Å²) in [5.41, 5.74) is 0. The third-order valence-electron chi connectivity index (χ3n) is 3.89. The van der Waals surface area contributed by atoms with Gasteiger partial charge in [0.25, 0.3) is 0 Å². The highest BCUT2D eigenvalue weighted by Crippen LogP contribution is 2.17. The number of ether oxygens (including phenoxy) is 2. The summed E-state index contributed by atoms with van der Waals surface area (Å²) in [6.45, 7) is 1.75. The van der Waals surface area contributed by atoms with Crippen LogP contribution in [-0.4, -0.2) is 38.8 Å². The molecule has 0 radical (unpaired) electrons. The molecule has 1 aliphatic rings. The van der Waals surface area contributed by atoms with Gasteiger partial charge >= 0.3 is 0 Å². The zero-order valence-corrected chi connectivity index (χ0v) is 13.3. The molecule has 0 heterocycles. The van der Waals surface area contributed by atoms with E-state index in [0.29, 0.717) is 25.6 Å². The van der Waals surface area contributed by atoms with Crippen LogP contribution < -0.4 is 20.1 Å². The van der Waals surface area contributed by atoms with Gasteiger partial charge in [-0.2, -0.15) is 0 Å². The first-order valence-corrected chi connectivity index (χ1v) is 8.05. The maximum atomic E-state index is 11.7. The molecule has 0 unspecified atom stereocenters. The quantitative estimate of drug-likeness (QED) is 0.686. The van der Waals surface area contributed by atoms with Crippen LogP contribution in [0.25, 0.3) is 0 Å². The van der Waals surface area contributed by atoms with E-state index in [-0.39, 0.29) is 5.91 Å². The minimum atomic E-state index is 0.0730. The zero-order valence-electron chi connectivity index (χ0n) is 13.3. The van der Waals surface area contributed by atoms with Crippen LogP contribution in [0.15, 0.2) is 24.3 Å². The smallest absolute Gasteiger partial charge is 0.221 e. The minimum Gasteiger partial charge on any atom is -0.497 e. The van der Waals surface area contributed by atoms with Crippen molar-refractivity contribution in [2.24, 2.45) is 0 Å². The molecule has 1 aromatic rings. The van der Waals surface area contributed by atoms with Crippen LogP contribution in [-0.2, 0) is 4.79 Å². The molecule has 5 nitrogen and oxygen atoms in total. The highest BCUT2D eigenvalue weighted by molar-refractivity contribution is 5.76. The molecule has 122 valence electrons. The number of amides is 1.